The van der Waals surface area contributed by atoms with Crippen LogP contribution in [-0.2, 0) is 20.4 Å². The Morgan fingerprint density at radius 2 is 2.12 bits per heavy atom. The Balaban J connectivity index is 2.02. The second kappa shape index (κ2) is 4.76. The molecule has 0 spiro atoms. The zero-order valence-electron chi connectivity index (χ0n) is 10.1. The highest BCUT2D eigenvalue weighted by molar-refractivity contribution is 7.84. The van der Waals surface area contributed by atoms with E-state index in [-0.39, 0.29) is 29.7 Å². The Kier molecular flexibility index (Phi) is 3.51. The smallest absolute Gasteiger partial charge is 0.245 e. The lowest BCUT2D eigenvalue weighted by molar-refractivity contribution is -0.144. The molecule has 2 rings (SSSR count). The first-order chi connectivity index (χ1) is 7.99. The van der Waals surface area contributed by atoms with Crippen molar-refractivity contribution in [2.75, 3.05) is 19.3 Å². The summed E-state index contributed by atoms with van der Waals surface area (Å²) in [7, 11) is -0.970. The molecule has 2 amide bonds. The van der Waals surface area contributed by atoms with E-state index in [2.05, 4.69) is 5.32 Å². The molecule has 0 aromatic carbocycles. The number of piperazine rings is 1. The molecule has 1 N–H and O–H groups in total. The zero-order valence-corrected chi connectivity index (χ0v) is 11.0. The quantitative estimate of drug-likeness (QED) is 0.738. The van der Waals surface area contributed by atoms with Gasteiger partial charge in [-0.05, 0) is 25.7 Å². The molecule has 0 aromatic heterocycles. The highest BCUT2D eigenvalue weighted by Crippen LogP contribution is 2.34. The van der Waals surface area contributed by atoms with Crippen LogP contribution in [0.4, 0.5) is 0 Å². The van der Waals surface area contributed by atoms with Gasteiger partial charge in [-0.2, -0.15) is 0 Å². The third-order valence-electron chi connectivity index (χ3n) is 3.37. The summed E-state index contributed by atoms with van der Waals surface area (Å²) in [5.74, 6) is 0.205. The van der Waals surface area contributed by atoms with Crippen LogP contribution in [0.25, 0.3) is 0 Å². The Bertz CT molecular complexity index is 368. The molecule has 96 valence electrons. The van der Waals surface area contributed by atoms with E-state index in [4.69, 9.17) is 0 Å². The summed E-state index contributed by atoms with van der Waals surface area (Å²) in [5.41, 5.74) is 0. The van der Waals surface area contributed by atoms with Crippen molar-refractivity contribution in [2.24, 2.45) is 5.92 Å². The molecule has 1 saturated heterocycles. The van der Waals surface area contributed by atoms with E-state index < -0.39 is 10.8 Å². The Morgan fingerprint density at radius 3 is 2.65 bits per heavy atom. The van der Waals surface area contributed by atoms with E-state index >= 15 is 0 Å². The average Bonchev–Trinajstić information content (AvgIpc) is 3.06. The van der Waals surface area contributed by atoms with Crippen molar-refractivity contribution >= 4 is 22.6 Å². The molecule has 1 heterocycles. The minimum Gasteiger partial charge on any atom is -0.342 e. The molecule has 0 aromatic rings. The van der Waals surface area contributed by atoms with Crippen molar-refractivity contribution in [3.8, 4) is 0 Å². The van der Waals surface area contributed by atoms with Crippen LogP contribution in [0.3, 0.4) is 0 Å². The summed E-state index contributed by atoms with van der Waals surface area (Å²) in [6, 6.07) is -0.339. The van der Waals surface area contributed by atoms with Crippen LogP contribution in [0.5, 0.6) is 0 Å². The Labute approximate surface area is 103 Å². The van der Waals surface area contributed by atoms with Crippen LogP contribution in [0, 0.1) is 5.92 Å². The number of nitrogens with zero attached hydrogens (tertiary/aromatic N) is 1. The topological polar surface area (TPSA) is 66.5 Å². The van der Waals surface area contributed by atoms with Crippen LogP contribution < -0.4 is 5.32 Å². The number of hydrogen-bond donors (Lipinski definition) is 1. The van der Waals surface area contributed by atoms with Gasteiger partial charge in [0, 0.05) is 28.9 Å². The van der Waals surface area contributed by atoms with Gasteiger partial charge in [0.2, 0.25) is 11.8 Å². The molecule has 6 heteroatoms. The van der Waals surface area contributed by atoms with Crippen molar-refractivity contribution in [3.05, 3.63) is 0 Å². The molecular formula is C11H18N2O3S. The number of amides is 2. The SMILES string of the molecule is CC(CN1CC(=O)NC(C2CC2)C1=O)S(C)=O. The first-order valence-electron chi connectivity index (χ1n) is 5.89. The highest BCUT2D eigenvalue weighted by Gasteiger charge is 2.42. The minimum absolute atomic E-state index is 0.00981. The van der Waals surface area contributed by atoms with E-state index in [1.54, 1.807) is 11.2 Å². The molecule has 3 unspecified atom stereocenters. The van der Waals surface area contributed by atoms with Gasteiger partial charge in [0.15, 0.2) is 0 Å². The first kappa shape index (κ1) is 12.5. The maximum atomic E-state index is 12.1. The summed E-state index contributed by atoms with van der Waals surface area (Å²) in [4.78, 5) is 25.2. The lowest BCUT2D eigenvalue weighted by Crippen LogP contribution is -2.60. The maximum absolute atomic E-state index is 12.1. The third kappa shape index (κ3) is 2.86. The van der Waals surface area contributed by atoms with Gasteiger partial charge in [-0.25, -0.2) is 0 Å². The molecule has 2 aliphatic rings. The molecule has 0 radical (unpaired) electrons. The fourth-order valence-electron chi connectivity index (χ4n) is 2.05. The molecular weight excluding hydrogens is 240 g/mol. The predicted molar refractivity (Wildman–Crippen MR) is 64.8 cm³/mol. The van der Waals surface area contributed by atoms with Crippen molar-refractivity contribution in [1.82, 2.24) is 10.2 Å². The fourth-order valence-corrected chi connectivity index (χ4v) is 2.44. The van der Waals surface area contributed by atoms with Crippen LogP contribution >= 0.6 is 0 Å². The minimum atomic E-state index is -0.970. The van der Waals surface area contributed by atoms with Crippen molar-refractivity contribution in [1.29, 1.82) is 0 Å². The van der Waals surface area contributed by atoms with E-state index in [1.165, 1.54) is 0 Å². The van der Waals surface area contributed by atoms with Gasteiger partial charge in [-0.3, -0.25) is 13.8 Å². The largest absolute Gasteiger partial charge is 0.342 e. The van der Waals surface area contributed by atoms with E-state index in [1.807, 2.05) is 6.92 Å². The Morgan fingerprint density at radius 1 is 1.47 bits per heavy atom. The van der Waals surface area contributed by atoms with Crippen molar-refractivity contribution in [3.63, 3.8) is 0 Å². The van der Waals surface area contributed by atoms with Gasteiger partial charge in [-0.1, -0.05) is 0 Å². The monoisotopic (exact) mass is 258 g/mol. The number of hydrogen-bond acceptors (Lipinski definition) is 3. The normalized spacial score (nSPS) is 28.8. The molecule has 17 heavy (non-hydrogen) atoms. The standard InChI is InChI=1S/C11H18N2O3S/c1-7(17(2)16)5-13-6-9(14)12-10(11(13)15)8-3-4-8/h7-8,10H,3-6H2,1-2H3,(H,12,14). The number of nitrogens with one attached hydrogen (secondary N) is 1. The summed E-state index contributed by atoms with van der Waals surface area (Å²) >= 11 is 0. The Hall–Kier alpha value is -0.910. The zero-order chi connectivity index (χ0) is 12.6. The molecule has 3 atom stereocenters. The molecule has 5 nitrogen and oxygen atoms in total. The lowest BCUT2D eigenvalue weighted by Gasteiger charge is -2.33. The lowest BCUT2D eigenvalue weighted by atomic mass is 10.1. The second-order valence-corrected chi connectivity index (χ2v) is 6.71. The van der Waals surface area contributed by atoms with Crippen LogP contribution in [-0.4, -0.2) is 51.6 Å². The molecule has 1 saturated carbocycles. The maximum Gasteiger partial charge on any atom is 0.245 e. The van der Waals surface area contributed by atoms with Crippen LogP contribution in [0.1, 0.15) is 19.8 Å². The number of carbonyl (C=O) groups is 2. The van der Waals surface area contributed by atoms with Gasteiger partial charge in [0.1, 0.15) is 6.04 Å². The molecule has 1 aliphatic carbocycles. The van der Waals surface area contributed by atoms with Gasteiger partial charge in [-0.15, -0.1) is 0 Å². The third-order valence-corrected chi connectivity index (χ3v) is 4.65. The highest BCUT2D eigenvalue weighted by atomic mass is 32.2. The van der Waals surface area contributed by atoms with Gasteiger partial charge >= 0.3 is 0 Å². The van der Waals surface area contributed by atoms with Crippen LogP contribution in [0.2, 0.25) is 0 Å². The van der Waals surface area contributed by atoms with E-state index in [9.17, 15) is 13.8 Å². The van der Waals surface area contributed by atoms with Crippen molar-refractivity contribution in [2.45, 2.75) is 31.1 Å². The van der Waals surface area contributed by atoms with Gasteiger partial charge in [0.25, 0.3) is 0 Å². The van der Waals surface area contributed by atoms with Gasteiger partial charge < -0.3 is 10.2 Å². The second-order valence-electron chi connectivity index (χ2n) is 4.91. The summed E-state index contributed by atoms with van der Waals surface area (Å²) in [5, 5.41) is 2.66. The predicted octanol–water partition coefficient (Wildman–Crippen LogP) is -0.510. The molecule has 2 fully saturated rings. The van der Waals surface area contributed by atoms with E-state index in [0.29, 0.717) is 12.5 Å². The summed E-state index contributed by atoms with van der Waals surface area (Å²) in [6.07, 6.45) is 3.65. The summed E-state index contributed by atoms with van der Waals surface area (Å²) in [6.45, 7) is 2.34. The van der Waals surface area contributed by atoms with Crippen molar-refractivity contribution < 1.29 is 13.8 Å². The fraction of sp³-hybridized carbons (Fsp3) is 0.818. The van der Waals surface area contributed by atoms with Crippen LogP contribution in [0.15, 0.2) is 0 Å². The number of rotatable bonds is 4. The molecule has 1 aliphatic heterocycles. The first-order valence-corrected chi connectivity index (χ1v) is 7.51. The molecule has 0 bridgehead atoms. The average molecular weight is 258 g/mol. The van der Waals surface area contributed by atoms with E-state index in [0.717, 1.165) is 12.8 Å². The summed E-state index contributed by atoms with van der Waals surface area (Å²) < 4.78 is 11.3. The van der Waals surface area contributed by atoms with Gasteiger partial charge in [0.05, 0.1) is 6.54 Å². The number of carbonyl (C=O) groups excluding carboxylic acids is 2.